The molecule has 0 bridgehead atoms. The molecule has 3 heteroatoms. The minimum absolute atomic E-state index is 0.221. The van der Waals surface area contributed by atoms with Gasteiger partial charge in [-0.1, -0.05) is 30.3 Å². The summed E-state index contributed by atoms with van der Waals surface area (Å²) in [6.45, 7) is 2.02. The largest absolute Gasteiger partial charge is 0.327 e. The zero-order valence-corrected chi connectivity index (χ0v) is 11.8. The number of rotatable bonds is 6. The van der Waals surface area contributed by atoms with Gasteiger partial charge >= 0.3 is 0 Å². The van der Waals surface area contributed by atoms with Gasteiger partial charge in [0.05, 0.1) is 5.69 Å². The van der Waals surface area contributed by atoms with Crippen LogP contribution in [0.1, 0.15) is 29.8 Å². The van der Waals surface area contributed by atoms with Crippen molar-refractivity contribution in [3.63, 3.8) is 0 Å². The lowest BCUT2D eigenvalue weighted by Crippen LogP contribution is -2.24. The maximum Gasteiger partial charge on any atom is 0.0596 e. The number of hydrogen-bond acceptors (Lipinski definition) is 2. The first-order chi connectivity index (χ1) is 9.15. The van der Waals surface area contributed by atoms with E-state index in [0.29, 0.717) is 0 Å². The Morgan fingerprint density at radius 2 is 2.00 bits per heavy atom. The van der Waals surface area contributed by atoms with Crippen molar-refractivity contribution < 1.29 is 0 Å². The highest BCUT2D eigenvalue weighted by atomic mass is 15.3. The fraction of sp³-hybridized carbons (Fsp3) is 0.438. The minimum atomic E-state index is 0.221. The predicted octanol–water partition coefficient (Wildman–Crippen LogP) is 2.62. The van der Waals surface area contributed by atoms with Gasteiger partial charge < -0.3 is 5.73 Å². The van der Waals surface area contributed by atoms with Gasteiger partial charge in [-0.05, 0) is 37.8 Å². The molecule has 0 spiro atoms. The summed E-state index contributed by atoms with van der Waals surface area (Å²) >= 11 is 0. The lowest BCUT2D eigenvalue weighted by atomic mass is 10.0. The molecule has 2 N–H and O–H groups in total. The van der Waals surface area contributed by atoms with Gasteiger partial charge in [0.15, 0.2) is 0 Å². The van der Waals surface area contributed by atoms with E-state index in [9.17, 15) is 0 Å². The summed E-state index contributed by atoms with van der Waals surface area (Å²) in [6, 6.07) is 12.9. The molecular formula is C16H23N3. The lowest BCUT2D eigenvalue weighted by molar-refractivity contribution is 0.556. The van der Waals surface area contributed by atoms with Crippen molar-refractivity contribution in [2.75, 3.05) is 0 Å². The van der Waals surface area contributed by atoms with Crippen molar-refractivity contribution in [3.05, 3.63) is 53.3 Å². The van der Waals surface area contributed by atoms with Gasteiger partial charge in [-0.3, -0.25) is 4.68 Å². The average molecular weight is 257 g/mol. The Hall–Kier alpha value is -1.61. The van der Waals surface area contributed by atoms with Crippen LogP contribution in [-0.2, 0) is 19.9 Å². The molecule has 0 radical (unpaired) electrons. The van der Waals surface area contributed by atoms with E-state index in [-0.39, 0.29) is 6.04 Å². The summed E-state index contributed by atoms with van der Waals surface area (Å²) in [5.74, 6) is 0. The molecule has 2 rings (SSSR count). The van der Waals surface area contributed by atoms with Crippen molar-refractivity contribution >= 4 is 0 Å². The molecule has 0 aliphatic rings. The maximum absolute atomic E-state index is 6.21. The van der Waals surface area contributed by atoms with E-state index in [1.807, 2.05) is 18.7 Å². The van der Waals surface area contributed by atoms with Gasteiger partial charge in [0.1, 0.15) is 0 Å². The summed E-state index contributed by atoms with van der Waals surface area (Å²) in [7, 11) is 1.99. The molecule has 0 aliphatic heterocycles. The molecular weight excluding hydrogens is 234 g/mol. The molecule has 19 heavy (non-hydrogen) atoms. The smallest absolute Gasteiger partial charge is 0.0596 e. The Kier molecular flexibility index (Phi) is 4.74. The molecule has 1 atom stereocenters. The van der Waals surface area contributed by atoms with Gasteiger partial charge in [-0.2, -0.15) is 5.10 Å². The number of aromatic nitrogens is 2. The molecule has 3 nitrogen and oxygen atoms in total. The first-order valence-electron chi connectivity index (χ1n) is 6.94. The summed E-state index contributed by atoms with van der Waals surface area (Å²) in [4.78, 5) is 0. The van der Waals surface area contributed by atoms with Crippen LogP contribution in [0.4, 0.5) is 0 Å². The van der Waals surface area contributed by atoms with E-state index in [4.69, 9.17) is 5.73 Å². The molecule has 0 amide bonds. The van der Waals surface area contributed by atoms with E-state index in [1.54, 1.807) is 0 Å². The molecule has 2 aromatic rings. The minimum Gasteiger partial charge on any atom is -0.327 e. The highest BCUT2D eigenvalue weighted by Crippen LogP contribution is 2.10. The van der Waals surface area contributed by atoms with E-state index in [0.717, 1.165) is 31.4 Å². The average Bonchev–Trinajstić information content (AvgIpc) is 2.69. The van der Waals surface area contributed by atoms with E-state index < -0.39 is 0 Å². The molecule has 1 heterocycles. The highest BCUT2D eigenvalue weighted by molar-refractivity contribution is 5.14. The van der Waals surface area contributed by atoms with Crippen LogP contribution >= 0.6 is 0 Å². The molecule has 1 aromatic carbocycles. The van der Waals surface area contributed by atoms with Crippen LogP contribution in [0.2, 0.25) is 0 Å². The first-order valence-corrected chi connectivity index (χ1v) is 6.94. The van der Waals surface area contributed by atoms with Crippen molar-refractivity contribution in [2.45, 2.75) is 38.6 Å². The predicted molar refractivity (Wildman–Crippen MR) is 79.0 cm³/mol. The highest BCUT2D eigenvalue weighted by Gasteiger charge is 2.08. The molecule has 1 unspecified atom stereocenters. The van der Waals surface area contributed by atoms with Crippen molar-refractivity contribution in [2.24, 2.45) is 12.8 Å². The summed E-state index contributed by atoms with van der Waals surface area (Å²) in [5, 5.41) is 4.35. The van der Waals surface area contributed by atoms with Crippen LogP contribution in [0.15, 0.2) is 36.4 Å². The van der Waals surface area contributed by atoms with E-state index in [1.165, 1.54) is 11.3 Å². The number of hydrogen-bond donors (Lipinski definition) is 1. The summed E-state index contributed by atoms with van der Waals surface area (Å²) in [6.07, 6.45) is 4.21. The van der Waals surface area contributed by atoms with Gasteiger partial charge in [0.2, 0.25) is 0 Å². The van der Waals surface area contributed by atoms with Gasteiger partial charge in [-0.25, -0.2) is 0 Å². The fourth-order valence-electron chi connectivity index (χ4n) is 2.44. The second-order valence-electron chi connectivity index (χ2n) is 5.24. The summed E-state index contributed by atoms with van der Waals surface area (Å²) in [5.41, 5.74) is 9.89. The number of nitrogens with zero attached hydrogens (tertiary/aromatic N) is 2. The molecule has 0 aliphatic carbocycles. The molecule has 0 saturated heterocycles. The third-order valence-corrected chi connectivity index (χ3v) is 3.45. The molecule has 1 aromatic heterocycles. The third-order valence-electron chi connectivity index (χ3n) is 3.45. The Morgan fingerprint density at radius 3 is 2.63 bits per heavy atom. The zero-order chi connectivity index (χ0) is 13.7. The van der Waals surface area contributed by atoms with Crippen molar-refractivity contribution in [3.8, 4) is 0 Å². The van der Waals surface area contributed by atoms with Crippen LogP contribution in [0.5, 0.6) is 0 Å². The van der Waals surface area contributed by atoms with Crippen LogP contribution in [0.3, 0.4) is 0 Å². The summed E-state index contributed by atoms with van der Waals surface area (Å²) < 4.78 is 1.94. The van der Waals surface area contributed by atoms with Crippen LogP contribution in [-0.4, -0.2) is 15.8 Å². The molecule has 102 valence electrons. The number of benzene rings is 1. The number of nitrogens with two attached hydrogens (primary N) is 1. The Morgan fingerprint density at radius 1 is 1.26 bits per heavy atom. The fourth-order valence-corrected chi connectivity index (χ4v) is 2.44. The van der Waals surface area contributed by atoms with Gasteiger partial charge in [0.25, 0.3) is 0 Å². The quantitative estimate of drug-likeness (QED) is 0.864. The third kappa shape index (κ3) is 4.21. The first kappa shape index (κ1) is 13.8. The second kappa shape index (κ2) is 6.53. The Bertz CT molecular complexity index is 502. The van der Waals surface area contributed by atoms with Crippen LogP contribution in [0.25, 0.3) is 0 Å². The SMILES string of the molecule is Cc1cc(CC(N)CCCc2ccccc2)n(C)n1. The van der Waals surface area contributed by atoms with Crippen LogP contribution in [0, 0.1) is 6.92 Å². The molecule has 0 saturated carbocycles. The van der Waals surface area contributed by atoms with E-state index >= 15 is 0 Å². The van der Waals surface area contributed by atoms with Crippen molar-refractivity contribution in [1.29, 1.82) is 0 Å². The second-order valence-corrected chi connectivity index (χ2v) is 5.24. The topological polar surface area (TPSA) is 43.8 Å². The standard InChI is InChI=1S/C16H23N3/c1-13-11-16(19(2)18-13)12-15(17)10-6-9-14-7-4-3-5-8-14/h3-5,7-8,11,15H,6,9-10,12,17H2,1-2H3. The normalized spacial score (nSPS) is 12.6. The maximum atomic E-state index is 6.21. The van der Waals surface area contributed by atoms with Gasteiger partial charge in [-0.15, -0.1) is 0 Å². The van der Waals surface area contributed by atoms with Gasteiger partial charge in [0, 0.05) is 25.2 Å². The Labute approximate surface area is 115 Å². The van der Waals surface area contributed by atoms with Crippen LogP contribution < -0.4 is 5.73 Å². The monoisotopic (exact) mass is 257 g/mol. The Balaban J connectivity index is 1.76. The van der Waals surface area contributed by atoms with E-state index in [2.05, 4.69) is 41.5 Å². The van der Waals surface area contributed by atoms with Crippen molar-refractivity contribution in [1.82, 2.24) is 9.78 Å². The molecule has 0 fully saturated rings. The zero-order valence-electron chi connectivity index (χ0n) is 11.8. The lowest BCUT2D eigenvalue weighted by Gasteiger charge is -2.11. The number of aryl methyl sites for hydroxylation is 3.